The van der Waals surface area contributed by atoms with Crippen molar-refractivity contribution >= 4 is 10.1 Å². The molecule has 0 bridgehead atoms. The summed E-state index contributed by atoms with van der Waals surface area (Å²) in [4.78, 5) is -0.0846. The van der Waals surface area contributed by atoms with E-state index >= 15 is 0 Å². The lowest BCUT2D eigenvalue weighted by Gasteiger charge is -2.01. The Morgan fingerprint density at radius 1 is 1.29 bits per heavy atom. The Labute approximate surface area is 83.3 Å². The van der Waals surface area contributed by atoms with Gasteiger partial charge in [0.2, 0.25) is 0 Å². The first-order valence-corrected chi connectivity index (χ1v) is 5.53. The van der Waals surface area contributed by atoms with Crippen molar-refractivity contribution in [2.24, 2.45) is 0 Å². The minimum absolute atomic E-state index is 0.0846. The SMILES string of the molecule is COCCc1ccc(S(=O)(=O)O)cc1. The minimum atomic E-state index is -4.07. The zero-order valence-corrected chi connectivity index (χ0v) is 8.62. The highest BCUT2D eigenvalue weighted by Crippen LogP contribution is 2.10. The topological polar surface area (TPSA) is 63.6 Å². The van der Waals surface area contributed by atoms with E-state index in [0.29, 0.717) is 6.61 Å². The van der Waals surface area contributed by atoms with Crippen molar-refractivity contribution in [2.75, 3.05) is 13.7 Å². The van der Waals surface area contributed by atoms with E-state index in [1.165, 1.54) is 12.1 Å². The molecule has 1 rings (SSSR count). The second kappa shape index (κ2) is 4.54. The summed E-state index contributed by atoms with van der Waals surface area (Å²) in [6, 6.07) is 6.06. The van der Waals surface area contributed by atoms with E-state index in [1.807, 2.05) is 0 Å². The van der Waals surface area contributed by atoms with Crippen LogP contribution in [0.3, 0.4) is 0 Å². The Bertz CT molecular complexity index is 380. The molecule has 0 amide bonds. The predicted molar refractivity (Wildman–Crippen MR) is 51.8 cm³/mol. The second-order valence-corrected chi connectivity index (χ2v) is 4.28. The highest BCUT2D eigenvalue weighted by atomic mass is 32.2. The molecular weight excluding hydrogens is 204 g/mol. The first-order chi connectivity index (χ1) is 6.54. The average Bonchev–Trinajstić information content (AvgIpc) is 2.14. The largest absolute Gasteiger partial charge is 0.384 e. The lowest BCUT2D eigenvalue weighted by Crippen LogP contribution is -1.99. The number of benzene rings is 1. The number of hydrogen-bond acceptors (Lipinski definition) is 3. The summed E-state index contributed by atoms with van der Waals surface area (Å²) in [6.45, 7) is 0.589. The van der Waals surface area contributed by atoms with Gasteiger partial charge in [-0.1, -0.05) is 12.1 Å². The van der Waals surface area contributed by atoms with E-state index in [-0.39, 0.29) is 4.90 Å². The van der Waals surface area contributed by atoms with Crippen molar-refractivity contribution in [1.29, 1.82) is 0 Å². The van der Waals surface area contributed by atoms with Gasteiger partial charge >= 0.3 is 0 Å². The zero-order valence-electron chi connectivity index (χ0n) is 7.80. The van der Waals surface area contributed by atoms with Gasteiger partial charge in [0.15, 0.2) is 0 Å². The molecule has 5 heteroatoms. The molecule has 0 atom stereocenters. The maximum absolute atomic E-state index is 10.7. The van der Waals surface area contributed by atoms with Gasteiger partial charge in [0.25, 0.3) is 10.1 Å². The Morgan fingerprint density at radius 2 is 1.86 bits per heavy atom. The first kappa shape index (κ1) is 11.2. The maximum atomic E-state index is 10.7. The molecule has 0 radical (unpaired) electrons. The van der Waals surface area contributed by atoms with E-state index in [1.54, 1.807) is 19.2 Å². The average molecular weight is 216 g/mol. The van der Waals surface area contributed by atoms with Crippen molar-refractivity contribution in [2.45, 2.75) is 11.3 Å². The van der Waals surface area contributed by atoms with Gasteiger partial charge in [0, 0.05) is 7.11 Å². The Balaban J connectivity index is 2.79. The van der Waals surface area contributed by atoms with Crippen LogP contribution in [0.15, 0.2) is 29.2 Å². The van der Waals surface area contributed by atoms with Crippen LogP contribution in [0.5, 0.6) is 0 Å². The first-order valence-electron chi connectivity index (χ1n) is 4.09. The molecule has 1 aromatic carbocycles. The fourth-order valence-corrected chi connectivity index (χ4v) is 1.53. The molecule has 0 aliphatic carbocycles. The summed E-state index contributed by atoms with van der Waals surface area (Å²) in [5, 5.41) is 0. The summed E-state index contributed by atoms with van der Waals surface area (Å²) in [5.41, 5.74) is 0.972. The highest BCUT2D eigenvalue weighted by molar-refractivity contribution is 7.85. The Hall–Kier alpha value is -0.910. The fraction of sp³-hybridized carbons (Fsp3) is 0.333. The number of ether oxygens (including phenoxy) is 1. The molecule has 0 fully saturated rings. The van der Waals surface area contributed by atoms with Crippen LogP contribution < -0.4 is 0 Å². The molecule has 4 nitrogen and oxygen atoms in total. The van der Waals surface area contributed by atoms with Crippen molar-refractivity contribution in [3.8, 4) is 0 Å². The highest BCUT2D eigenvalue weighted by Gasteiger charge is 2.07. The standard InChI is InChI=1S/C9H12O4S/c1-13-7-6-8-2-4-9(5-3-8)14(10,11)12/h2-5H,6-7H2,1H3,(H,10,11,12). The van der Waals surface area contributed by atoms with Crippen LogP contribution in [-0.2, 0) is 21.3 Å². The smallest absolute Gasteiger partial charge is 0.294 e. The lowest BCUT2D eigenvalue weighted by molar-refractivity contribution is 0.202. The minimum Gasteiger partial charge on any atom is -0.384 e. The molecule has 1 N–H and O–H groups in total. The van der Waals surface area contributed by atoms with Gasteiger partial charge in [-0.05, 0) is 24.1 Å². The molecule has 1 aromatic rings. The molecule has 0 aliphatic heterocycles. The van der Waals surface area contributed by atoms with Gasteiger partial charge in [-0.15, -0.1) is 0 Å². The van der Waals surface area contributed by atoms with Crippen molar-refractivity contribution in [1.82, 2.24) is 0 Å². The molecule has 0 spiro atoms. The molecule has 78 valence electrons. The molecule has 0 aromatic heterocycles. The van der Waals surface area contributed by atoms with Gasteiger partial charge in [-0.2, -0.15) is 8.42 Å². The summed E-state index contributed by atoms with van der Waals surface area (Å²) >= 11 is 0. The summed E-state index contributed by atoms with van der Waals surface area (Å²) in [7, 11) is -2.47. The molecule has 0 heterocycles. The number of rotatable bonds is 4. The molecule has 0 unspecified atom stereocenters. The van der Waals surface area contributed by atoms with Gasteiger partial charge in [0.1, 0.15) is 0 Å². The van der Waals surface area contributed by atoms with E-state index < -0.39 is 10.1 Å². The van der Waals surface area contributed by atoms with Crippen molar-refractivity contribution < 1.29 is 17.7 Å². The molecule has 0 saturated heterocycles. The quantitative estimate of drug-likeness (QED) is 0.766. The predicted octanol–water partition coefficient (Wildman–Crippen LogP) is 1.12. The summed E-state index contributed by atoms with van der Waals surface area (Å²) < 4.78 is 35.0. The lowest BCUT2D eigenvalue weighted by atomic mass is 10.2. The maximum Gasteiger partial charge on any atom is 0.294 e. The number of hydrogen-bond donors (Lipinski definition) is 1. The van der Waals surface area contributed by atoms with Crippen LogP contribution in [0.4, 0.5) is 0 Å². The zero-order chi connectivity index (χ0) is 10.6. The van der Waals surface area contributed by atoms with Crippen LogP contribution >= 0.6 is 0 Å². The third-order valence-electron chi connectivity index (χ3n) is 1.82. The third kappa shape index (κ3) is 3.10. The third-order valence-corrected chi connectivity index (χ3v) is 2.68. The van der Waals surface area contributed by atoms with Crippen LogP contribution in [0, 0.1) is 0 Å². The van der Waals surface area contributed by atoms with E-state index in [2.05, 4.69) is 0 Å². The fourth-order valence-electron chi connectivity index (χ4n) is 1.05. The van der Waals surface area contributed by atoms with E-state index in [0.717, 1.165) is 12.0 Å². The van der Waals surface area contributed by atoms with Crippen LogP contribution in [-0.4, -0.2) is 26.7 Å². The van der Waals surface area contributed by atoms with E-state index in [4.69, 9.17) is 9.29 Å². The normalized spacial score (nSPS) is 11.6. The van der Waals surface area contributed by atoms with Gasteiger partial charge in [-0.3, -0.25) is 4.55 Å². The van der Waals surface area contributed by atoms with Gasteiger partial charge in [-0.25, -0.2) is 0 Å². The van der Waals surface area contributed by atoms with Crippen molar-refractivity contribution in [3.63, 3.8) is 0 Å². The van der Waals surface area contributed by atoms with Gasteiger partial charge in [0.05, 0.1) is 11.5 Å². The second-order valence-electron chi connectivity index (χ2n) is 2.86. The van der Waals surface area contributed by atoms with Gasteiger partial charge < -0.3 is 4.74 Å². The van der Waals surface area contributed by atoms with E-state index in [9.17, 15) is 8.42 Å². The molecular formula is C9H12O4S. The summed E-state index contributed by atoms with van der Waals surface area (Å²) in [5.74, 6) is 0. The molecule has 14 heavy (non-hydrogen) atoms. The summed E-state index contributed by atoms with van der Waals surface area (Å²) in [6.07, 6.45) is 0.724. The van der Waals surface area contributed by atoms with Crippen molar-refractivity contribution in [3.05, 3.63) is 29.8 Å². The van der Waals surface area contributed by atoms with Crippen LogP contribution in [0.25, 0.3) is 0 Å². The van der Waals surface area contributed by atoms with Crippen LogP contribution in [0.2, 0.25) is 0 Å². The number of methoxy groups -OCH3 is 1. The monoisotopic (exact) mass is 216 g/mol. The Kier molecular flexibility index (Phi) is 3.62. The Morgan fingerprint density at radius 3 is 2.29 bits per heavy atom. The molecule has 0 saturated carbocycles. The van der Waals surface area contributed by atoms with Crippen LogP contribution in [0.1, 0.15) is 5.56 Å². The molecule has 0 aliphatic rings.